The first-order chi connectivity index (χ1) is 36.3. The van der Waals surface area contributed by atoms with Crippen LogP contribution in [0.5, 0.6) is 0 Å². The number of hydrogen-bond acceptors (Lipinski definition) is 12. The molecule has 20 heteroatoms. The predicted octanol–water partition coefficient (Wildman–Crippen LogP) is 4.05. The van der Waals surface area contributed by atoms with Crippen molar-refractivity contribution in [3.8, 4) is 0 Å². The molecule has 17 nitrogen and oxygen atoms in total. The minimum absolute atomic E-state index is 0.00446. The average Bonchev–Trinajstić information content (AvgIpc) is 3.95. The number of carbonyl (C=O) groups excluding carboxylic acids is 5. The maximum Gasteiger partial charge on any atom is 0.252 e. The Hall–Kier alpha value is -6.26. The van der Waals surface area contributed by atoms with E-state index in [-0.39, 0.29) is 61.2 Å². The second kappa shape index (κ2) is 24.0. The highest BCUT2D eigenvalue weighted by atomic mass is 19.1. The first-order valence-electron chi connectivity index (χ1n) is 26.0. The van der Waals surface area contributed by atoms with Crippen molar-refractivity contribution in [2.45, 2.75) is 95.4 Å². The number of nitrogens with zero attached hydrogens (tertiary/aromatic N) is 4. The Bertz CT molecular complexity index is 2770. The Balaban J connectivity index is 1.01. The Kier molecular flexibility index (Phi) is 17.6. The summed E-state index contributed by atoms with van der Waals surface area (Å²) in [5.41, 5.74) is 8.62. The van der Waals surface area contributed by atoms with Crippen molar-refractivity contribution >= 4 is 46.6 Å². The van der Waals surface area contributed by atoms with Gasteiger partial charge in [0.2, 0.25) is 23.6 Å². The number of halogens is 3. The quantitative estimate of drug-likeness (QED) is 0.0837. The molecule has 0 saturated carbocycles. The Morgan fingerprint density at radius 1 is 0.934 bits per heavy atom. The van der Waals surface area contributed by atoms with Gasteiger partial charge in [0.1, 0.15) is 29.2 Å². The van der Waals surface area contributed by atoms with Crippen LogP contribution in [0, 0.1) is 23.4 Å². The van der Waals surface area contributed by atoms with Gasteiger partial charge in [0.15, 0.2) is 0 Å². The van der Waals surface area contributed by atoms with Crippen molar-refractivity contribution in [3.63, 3.8) is 0 Å². The van der Waals surface area contributed by atoms with Crippen molar-refractivity contribution in [3.05, 3.63) is 124 Å². The zero-order valence-electron chi connectivity index (χ0n) is 44.3. The number of carbonyl (C=O) groups is 5. The second-order valence-corrected chi connectivity index (χ2v) is 21.0. The molecule has 4 heterocycles. The largest absolute Gasteiger partial charge is 0.381 e. The van der Waals surface area contributed by atoms with Gasteiger partial charge in [-0.3, -0.25) is 33.8 Å². The molecule has 1 unspecified atom stereocenters. The number of piperazine rings is 1. The topological polar surface area (TPSA) is 203 Å². The van der Waals surface area contributed by atoms with E-state index in [0.29, 0.717) is 55.1 Å². The van der Waals surface area contributed by atoms with E-state index in [2.05, 4.69) is 50.2 Å². The van der Waals surface area contributed by atoms with E-state index in [1.807, 2.05) is 25.1 Å². The van der Waals surface area contributed by atoms with Crippen LogP contribution in [0.3, 0.4) is 0 Å². The Labute approximate surface area is 442 Å². The molecular weight excluding hydrogens is 982 g/mol. The van der Waals surface area contributed by atoms with Crippen LogP contribution < -0.4 is 37.2 Å². The van der Waals surface area contributed by atoms with E-state index in [9.17, 15) is 37.1 Å². The number of ether oxygens (including phenoxy) is 2. The number of rotatable bonds is 18. The molecule has 5 amide bonds. The number of methoxy groups -OCH3 is 1. The van der Waals surface area contributed by atoms with Crippen LogP contribution in [0.25, 0.3) is 0 Å². The number of hydrogen-bond donors (Lipinski definition) is 6. The van der Waals surface area contributed by atoms with Gasteiger partial charge in [0.25, 0.3) is 5.91 Å². The number of fused-ring (bicyclic) bond motifs is 2. The van der Waals surface area contributed by atoms with Crippen LogP contribution in [0.1, 0.15) is 68.5 Å². The third-order valence-corrected chi connectivity index (χ3v) is 15.7. The maximum absolute atomic E-state index is 14.9. The van der Waals surface area contributed by atoms with Gasteiger partial charge in [-0.15, -0.1) is 0 Å². The van der Waals surface area contributed by atoms with Gasteiger partial charge in [-0.05, 0) is 118 Å². The van der Waals surface area contributed by atoms with Gasteiger partial charge in [-0.1, -0.05) is 36.4 Å². The number of nitrogens with two attached hydrogens (primary N) is 1. The summed E-state index contributed by atoms with van der Waals surface area (Å²) in [7, 11) is 3.14. The van der Waals surface area contributed by atoms with Crippen LogP contribution in [-0.2, 0) is 51.8 Å². The highest BCUT2D eigenvalue weighted by Crippen LogP contribution is 2.43. The molecule has 0 radical (unpaired) electrons. The Morgan fingerprint density at radius 3 is 2.36 bits per heavy atom. The van der Waals surface area contributed by atoms with E-state index >= 15 is 0 Å². The monoisotopic (exact) mass is 1050 g/mol. The summed E-state index contributed by atoms with van der Waals surface area (Å²) in [6.07, 6.45) is -0.240. The third-order valence-electron chi connectivity index (χ3n) is 15.7. The first kappa shape index (κ1) is 56.0. The van der Waals surface area contributed by atoms with Crippen LogP contribution in [0.15, 0.2) is 78.9 Å². The number of morpholine rings is 1. The molecule has 7 N–H and O–H groups in total. The fourth-order valence-corrected chi connectivity index (χ4v) is 11.0. The summed E-state index contributed by atoms with van der Waals surface area (Å²) in [6.45, 7) is 13.3. The summed E-state index contributed by atoms with van der Waals surface area (Å²) in [5, 5.41) is 14.6. The van der Waals surface area contributed by atoms with E-state index < -0.39 is 77.0 Å². The fraction of sp³-hybridized carbons (Fsp3) is 0.482. The van der Waals surface area contributed by atoms with Crippen molar-refractivity contribution in [1.82, 2.24) is 30.7 Å². The summed E-state index contributed by atoms with van der Waals surface area (Å²) >= 11 is 0. The van der Waals surface area contributed by atoms with Crippen LogP contribution in [0.4, 0.5) is 30.2 Å². The van der Waals surface area contributed by atoms with Crippen molar-refractivity contribution in [1.29, 1.82) is 0 Å². The zero-order chi connectivity index (χ0) is 54.6. The summed E-state index contributed by atoms with van der Waals surface area (Å²) < 4.78 is 55.0. The number of nitrogens with one attached hydrogen (secondary N) is 5. The molecule has 0 aliphatic carbocycles. The summed E-state index contributed by atoms with van der Waals surface area (Å²) in [6, 6.07) is 17.7. The lowest BCUT2D eigenvalue weighted by atomic mass is 9.83. The van der Waals surface area contributed by atoms with E-state index in [0.717, 1.165) is 42.4 Å². The molecule has 0 aromatic heterocycles. The second-order valence-electron chi connectivity index (χ2n) is 21.0. The molecule has 4 aliphatic rings. The molecule has 2 fully saturated rings. The average molecular weight is 1050 g/mol. The highest BCUT2D eigenvalue weighted by molar-refractivity contribution is 6.04. The number of likely N-dealkylation sites (N-methyl/N-ethyl adjacent to an activating group) is 1. The first-order valence-corrected chi connectivity index (χ1v) is 26.0. The van der Waals surface area contributed by atoms with E-state index in [1.54, 1.807) is 50.1 Å². The summed E-state index contributed by atoms with van der Waals surface area (Å²) in [4.78, 5) is 79.6. The van der Waals surface area contributed by atoms with Crippen molar-refractivity contribution in [2.75, 3.05) is 88.7 Å². The van der Waals surface area contributed by atoms with Crippen molar-refractivity contribution < 1.29 is 46.6 Å². The normalized spacial score (nSPS) is 23.2. The lowest BCUT2D eigenvalue weighted by molar-refractivity contribution is -0.147. The van der Waals surface area contributed by atoms with E-state index in [4.69, 9.17) is 15.2 Å². The van der Waals surface area contributed by atoms with Gasteiger partial charge in [0, 0.05) is 88.0 Å². The fourth-order valence-electron chi connectivity index (χ4n) is 11.0. The van der Waals surface area contributed by atoms with Crippen LogP contribution >= 0.6 is 0 Å². The van der Waals surface area contributed by atoms with Crippen LogP contribution in [0.2, 0.25) is 0 Å². The minimum atomic E-state index is -1.42. The summed E-state index contributed by atoms with van der Waals surface area (Å²) in [5.74, 6) is -6.06. The molecule has 4 aromatic rings. The zero-order valence-corrected chi connectivity index (χ0v) is 44.3. The number of amides is 5. The predicted molar refractivity (Wildman–Crippen MR) is 283 cm³/mol. The molecule has 76 heavy (non-hydrogen) atoms. The van der Waals surface area contributed by atoms with Gasteiger partial charge >= 0.3 is 0 Å². The van der Waals surface area contributed by atoms with Gasteiger partial charge in [-0.2, -0.15) is 0 Å². The molecular formula is C56H71F3N10O7. The molecule has 0 bridgehead atoms. The molecule has 9 atom stereocenters. The van der Waals surface area contributed by atoms with Gasteiger partial charge in [0.05, 0.1) is 43.7 Å². The number of benzene rings is 4. The lowest BCUT2D eigenvalue weighted by Crippen LogP contribution is -2.62. The molecule has 408 valence electrons. The van der Waals surface area contributed by atoms with Gasteiger partial charge < -0.3 is 51.6 Å². The molecule has 8 rings (SSSR count). The standard InChI is InChI=1S/C56H71F3N10O7/c1-32-26-67(41(24-62-32)28-66-19-20-76-30-33(66)2)29-48(71)69-31-56(5,43-18-13-37(22-46(43)69)21-36-11-15-39(57)16-12-36)55(74)63-25-47(70)64-40-17-14-38-27-68(54(73)49(35(4)75-7)50(60)34(3)61-6)52(42(38)23-40)53(72)65-51-44(58)9-8-10-45(51)59/h8-18,22-23,32-35,41,49-50,52,61-62H,19-21,24-31,60H2,1-7H3,(H,63,74)(H,64,70)(H,65,72)/t32-,33-,34+,35-,41-,49-,50?,52+,56-/m1/s1. The maximum atomic E-state index is 14.9. The lowest BCUT2D eigenvalue weighted by Gasteiger charge is -2.43. The number of para-hydroxylation sites is 1. The molecule has 4 aromatic carbocycles. The SMILES string of the molecule is CN[C@@H](C)C(N)[C@H](C(=O)N1Cc2ccc(NC(=O)CNC(=O)[C@]3(C)CN(C(=O)CN4C[C@@H](C)NC[C@@H]4CN4CCOC[C@H]4C)c4cc(Cc5ccc(F)cc5)ccc43)cc2[C@H]1C(=O)Nc1c(F)cccc1F)[C@@H](C)OC. The van der Waals surface area contributed by atoms with Gasteiger partial charge in [-0.25, -0.2) is 13.2 Å². The smallest absolute Gasteiger partial charge is 0.252 e. The third kappa shape index (κ3) is 12.1. The number of anilines is 3. The highest BCUT2D eigenvalue weighted by Gasteiger charge is 2.48. The van der Waals surface area contributed by atoms with Crippen LogP contribution in [-0.4, -0.2) is 154 Å². The molecule has 0 spiro atoms. The molecule has 4 aliphatic heterocycles. The van der Waals surface area contributed by atoms with Crippen molar-refractivity contribution in [2.24, 2.45) is 11.7 Å². The minimum Gasteiger partial charge on any atom is -0.381 e. The Morgan fingerprint density at radius 2 is 1.66 bits per heavy atom. The van der Waals surface area contributed by atoms with E-state index in [1.165, 1.54) is 30.2 Å². The molecule has 2 saturated heterocycles.